The number of aromatic nitrogens is 1. The number of nitrogens with one attached hydrogen (secondary N) is 1. The van der Waals surface area contributed by atoms with Gasteiger partial charge < -0.3 is 10.1 Å². The highest BCUT2D eigenvalue weighted by atomic mass is 19.4. The molecule has 3 aromatic rings. The third-order valence-electron chi connectivity index (χ3n) is 5.06. The van der Waals surface area contributed by atoms with Crippen LogP contribution in [-0.4, -0.2) is 30.2 Å². The van der Waals surface area contributed by atoms with Crippen molar-refractivity contribution in [3.8, 4) is 17.0 Å². The van der Waals surface area contributed by atoms with Crippen molar-refractivity contribution in [2.24, 2.45) is 15.0 Å². The summed E-state index contributed by atoms with van der Waals surface area (Å²) < 4.78 is 61.5. The maximum Gasteiger partial charge on any atom is 0.417 e. The van der Waals surface area contributed by atoms with Crippen molar-refractivity contribution in [2.75, 3.05) is 5.32 Å². The molecule has 11 heteroatoms. The molecule has 0 spiro atoms. The van der Waals surface area contributed by atoms with Crippen LogP contribution in [0.5, 0.6) is 5.75 Å². The third-order valence-corrected chi connectivity index (χ3v) is 5.06. The molecule has 1 heterocycles. The standard InChI is InChI=1S/C28H21F4N5O2/c1-5-10-24(33-3)39-18-13-23(25(36-16-18)17-11-8-7-9-12-17)37-27(38)20-14-19(26(34-4)35-6-2)21(15-22(20)29)28(30,31)32/h5-16H,1-4H2,(H,37,38)/b24-10+,35-26?. The molecule has 0 aliphatic rings. The lowest BCUT2D eigenvalue weighted by atomic mass is 10.0. The lowest BCUT2D eigenvalue weighted by Crippen LogP contribution is -2.19. The molecule has 0 radical (unpaired) electrons. The molecule has 1 amide bonds. The Balaban J connectivity index is 2.14. The number of amides is 1. The number of pyridine rings is 1. The van der Waals surface area contributed by atoms with Gasteiger partial charge in [0, 0.05) is 29.5 Å². The molecule has 2 aromatic carbocycles. The van der Waals surface area contributed by atoms with Crippen LogP contribution in [-0.2, 0) is 6.18 Å². The minimum Gasteiger partial charge on any atom is -0.437 e. The zero-order valence-corrected chi connectivity index (χ0v) is 20.4. The number of alkyl halides is 3. The first kappa shape index (κ1) is 28.4. The number of nitrogens with zero attached hydrogens (tertiary/aromatic N) is 4. The Bertz CT molecular complexity index is 1500. The molecule has 3 rings (SSSR count). The summed E-state index contributed by atoms with van der Waals surface area (Å²) in [4.78, 5) is 28.4. The Hall–Kier alpha value is -5.19. The van der Waals surface area contributed by atoms with E-state index >= 15 is 0 Å². The van der Waals surface area contributed by atoms with Gasteiger partial charge in [0.2, 0.25) is 5.88 Å². The Morgan fingerprint density at radius 2 is 1.74 bits per heavy atom. The largest absolute Gasteiger partial charge is 0.437 e. The van der Waals surface area contributed by atoms with Crippen LogP contribution in [0, 0.1) is 5.82 Å². The molecular formula is C28H21F4N5O2. The van der Waals surface area contributed by atoms with Crippen LogP contribution >= 0.6 is 0 Å². The number of amidine groups is 1. The second kappa shape index (κ2) is 12.4. The lowest BCUT2D eigenvalue weighted by Gasteiger charge is -2.16. The number of ether oxygens (including phenoxy) is 1. The zero-order valence-electron chi connectivity index (χ0n) is 20.4. The number of carbonyl (C=O) groups excluding carboxylic acids is 1. The van der Waals surface area contributed by atoms with Gasteiger partial charge in [0.1, 0.15) is 11.6 Å². The SMILES string of the molecule is C=C/C=C(\N=C)Oc1cnc(-c2ccccc2)c(NC(=O)c2cc(C(N=C)=NC=C)c(C(F)(F)F)cc2F)c1. The fraction of sp³-hybridized carbons (Fsp3) is 0.0357. The van der Waals surface area contributed by atoms with E-state index in [0.29, 0.717) is 11.6 Å². The highest BCUT2D eigenvalue weighted by Gasteiger charge is 2.36. The van der Waals surface area contributed by atoms with Crippen LogP contribution in [0.2, 0.25) is 0 Å². The van der Waals surface area contributed by atoms with Crippen LogP contribution in [0.1, 0.15) is 21.5 Å². The van der Waals surface area contributed by atoms with Crippen molar-refractivity contribution in [1.82, 2.24) is 4.98 Å². The summed E-state index contributed by atoms with van der Waals surface area (Å²) >= 11 is 0. The molecule has 0 saturated carbocycles. The first-order chi connectivity index (χ1) is 18.6. The van der Waals surface area contributed by atoms with Gasteiger partial charge in [0.05, 0.1) is 28.7 Å². The van der Waals surface area contributed by atoms with Gasteiger partial charge in [-0.2, -0.15) is 13.2 Å². The molecule has 39 heavy (non-hydrogen) atoms. The zero-order chi connectivity index (χ0) is 28.6. The van der Waals surface area contributed by atoms with Crippen LogP contribution < -0.4 is 10.1 Å². The predicted molar refractivity (Wildman–Crippen MR) is 144 cm³/mol. The van der Waals surface area contributed by atoms with Crippen LogP contribution in [0.3, 0.4) is 0 Å². The summed E-state index contributed by atoms with van der Waals surface area (Å²) in [5.74, 6) is -2.76. The monoisotopic (exact) mass is 535 g/mol. The van der Waals surface area contributed by atoms with Crippen LogP contribution in [0.4, 0.5) is 23.2 Å². The van der Waals surface area contributed by atoms with E-state index in [-0.39, 0.29) is 29.1 Å². The molecule has 0 aliphatic carbocycles. The van der Waals surface area contributed by atoms with Gasteiger partial charge in [-0.15, -0.1) is 0 Å². The van der Waals surface area contributed by atoms with E-state index in [9.17, 15) is 22.4 Å². The average Bonchev–Trinajstić information content (AvgIpc) is 2.91. The minimum atomic E-state index is -4.97. The number of hydrogen-bond acceptors (Lipinski definition) is 5. The van der Waals surface area contributed by atoms with E-state index < -0.39 is 40.4 Å². The smallest absolute Gasteiger partial charge is 0.417 e. The predicted octanol–water partition coefficient (Wildman–Crippen LogP) is 6.86. The van der Waals surface area contributed by atoms with Crippen molar-refractivity contribution in [2.45, 2.75) is 6.18 Å². The Morgan fingerprint density at radius 1 is 1.03 bits per heavy atom. The molecule has 0 aliphatic heterocycles. The van der Waals surface area contributed by atoms with E-state index in [0.717, 1.165) is 6.20 Å². The molecule has 0 atom stereocenters. The Kier molecular flexibility index (Phi) is 9.00. The maximum atomic E-state index is 14.9. The summed E-state index contributed by atoms with van der Waals surface area (Å²) in [7, 11) is 0. The molecule has 0 fully saturated rings. The molecule has 7 nitrogen and oxygen atoms in total. The van der Waals surface area contributed by atoms with Gasteiger partial charge in [-0.1, -0.05) is 49.6 Å². The second-order valence-corrected chi connectivity index (χ2v) is 7.56. The van der Waals surface area contributed by atoms with E-state index in [1.165, 1.54) is 24.4 Å². The van der Waals surface area contributed by atoms with Crippen molar-refractivity contribution >= 4 is 30.9 Å². The fourth-order valence-electron chi connectivity index (χ4n) is 3.40. The third kappa shape index (κ3) is 6.77. The summed E-state index contributed by atoms with van der Waals surface area (Å²) in [6.45, 7) is 13.5. The van der Waals surface area contributed by atoms with E-state index in [2.05, 4.69) is 51.9 Å². The van der Waals surface area contributed by atoms with Crippen LogP contribution in [0.25, 0.3) is 11.3 Å². The van der Waals surface area contributed by atoms with Gasteiger partial charge in [0.25, 0.3) is 5.91 Å². The first-order valence-corrected chi connectivity index (χ1v) is 11.0. The van der Waals surface area contributed by atoms with Gasteiger partial charge in [-0.3, -0.25) is 9.78 Å². The van der Waals surface area contributed by atoms with E-state index in [1.54, 1.807) is 30.3 Å². The highest BCUT2D eigenvalue weighted by molar-refractivity contribution is 6.09. The number of benzene rings is 2. The number of rotatable bonds is 9. The number of allylic oxidation sites excluding steroid dienone is 2. The summed E-state index contributed by atoms with van der Waals surface area (Å²) in [5.41, 5.74) is -1.79. The lowest BCUT2D eigenvalue weighted by molar-refractivity contribution is -0.137. The topological polar surface area (TPSA) is 88.3 Å². The Morgan fingerprint density at radius 3 is 2.33 bits per heavy atom. The fourth-order valence-corrected chi connectivity index (χ4v) is 3.40. The van der Waals surface area contributed by atoms with Crippen molar-refractivity contribution in [3.05, 3.63) is 115 Å². The summed E-state index contributed by atoms with van der Waals surface area (Å²) in [5, 5.41) is 2.51. The second-order valence-electron chi connectivity index (χ2n) is 7.56. The Labute approximate surface area is 221 Å². The minimum absolute atomic E-state index is 0.0772. The van der Waals surface area contributed by atoms with E-state index in [1.807, 2.05) is 0 Å². The molecular weight excluding hydrogens is 514 g/mol. The van der Waals surface area contributed by atoms with Crippen molar-refractivity contribution in [1.29, 1.82) is 0 Å². The number of halogens is 4. The summed E-state index contributed by atoms with van der Waals surface area (Å²) in [6.07, 6.45) is 0.204. The maximum absolute atomic E-state index is 14.9. The van der Waals surface area contributed by atoms with E-state index in [4.69, 9.17) is 4.74 Å². The van der Waals surface area contributed by atoms with Crippen LogP contribution in [0.15, 0.2) is 107 Å². The molecule has 198 valence electrons. The number of carbonyl (C=O) groups is 1. The number of anilines is 1. The summed E-state index contributed by atoms with van der Waals surface area (Å²) in [6, 6.07) is 11.0. The highest BCUT2D eigenvalue weighted by Crippen LogP contribution is 2.35. The van der Waals surface area contributed by atoms with Crippen molar-refractivity contribution in [3.63, 3.8) is 0 Å². The van der Waals surface area contributed by atoms with Crippen molar-refractivity contribution < 1.29 is 27.1 Å². The normalized spacial score (nSPS) is 11.9. The molecule has 0 unspecified atom stereocenters. The number of aliphatic imine (C=N–C) groups is 3. The molecule has 0 bridgehead atoms. The average molecular weight is 536 g/mol. The van der Waals surface area contributed by atoms with Gasteiger partial charge in [-0.25, -0.2) is 19.4 Å². The quantitative estimate of drug-likeness (QED) is 0.107. The molecule has 1 N–H and O–H groups in total. The first-order valence-electron chi connectivity index (χ1n) is 11.0. The molecule has 1 aromatic heterocycles. The van der Waals surface area contributed by atoms with Gasteiger partial charge in [0.15, 0.2) is 5.84 Å². The molecule has 0 saturated heterocycles. The van der Waals surface area contributed by atoms with Gasteiger partial charge in [-0.05, 0) is 25.6 Å². The number of hydrogen-bond donors (Lipinski definition) is 1. The van der Waals surface area contributed by atoms with Gasteiger partial charge >= 0.3 is 6.18 Å².